The lowest BCUT2D eigenvalue weighted by atomic mass is 10.0. The van der Waals surface area contributed by atoms with E-state index in [1.54, 1.807) is 29.2 Å². The highest BCUT2D eigenvalue weighted by molar-refractivity contribution is 6.12. The van der Waals surface area contributed by atoms with E-state index in [0.717, 1.165) is 12.8 Å². The zero-order chi connectivity index (χ0) is 20.4. The molecule has 0 radical (unpaired) electrons. The van der Waals surface area contributed by atoms with E-state index >= 15 is 0 Å². The van der Waals surface area contributed by atoms with E-state index in [9.17, 15) is 14.9 Å². The average Bonchev–Trinajstić information content (AvgIpc) is 2.75. The molecule has 1 N–H and O–H groups in total. The number of amides is 1. The molecule has 0 fully saturated rings. The van der Waals surface area contributed by atoms with Crippen molar-refractivity contribution < 1.29 is 9.72 Å². The van der Waals surface area contributed by atoms with Crippen LogP contribution in [0.15, 0.2) is 72.8 Å². The standard InChI is InChI=1S/C23H21N3O3/c1-2-7-16-12-14-17(15-13-16)25-22(19-9-4-6-11-21(19)26(28)29)24-20-10-5-3-8-18(20)23(25)27/h3-6,8-15,22,24H,2,7H2,1H3. The van der Waals surface area contributed by atoms with Gasteiger partial charge >= 0.3 is 0 Å². The number of benzene rings is 3. The molecule has 1 unspecified atom stereocenters. The van der Waals surface area contributed by atoms with Gasteiger partial charge in [-0.1, -0.05) is 49.7 Å². The maximum Gasteiger partial charge on any atom is 0.276 e. The Labute approximate surface area is 168 Å². The van der Waals surface area contributed by atoms with E-state index in [2.05, 4.69) is 12.2 Å². The predicted octanol–water partition coefficient (Wildman–Crippen LogP) is 5.32. The number of nitro benzene ring substituents is 1. The molecule has 1 aliphatic rings. The Morgan fingerprint density at radius 2 is 1.69 bits per heavy atom. The molecular formula is C23H21N3O3. The Kier molecular flexibility index (Phi) is 4.99. The van der Waals surface area contributed by atoms with Crippen LogP contribution in [0, 0.1) is 10.1 Å². The van der Waals surface area contributed by atoms with Crippen LogP contribution in [0.3, 0.4) is 0 Å². The maximum atomic E-state index is 13.4. The predicted molar refractivity (Wildman–Crippen MR) is 113 cm³/mol. The number of nitrogens with zero attached hydrogens (tertiary/aromatic N) is 2. The van der Waals surface area contributed by atoms with Gasteiger partial charge in [-0.2, -0.15) is 0 Å². The molecule has 0 spiro atoms. The van der Waals surface area contributed by atoms with Crippen molar-refractivity contribution in [2.45, 2.75) is 25.9 Å². The number of nitrogens with one attached hydrogen (secondary N) is 1. The number of aryl methyl sites for hydroxylation is 1. The smallest absolute Gasteiger partial charge is 0.276 e. The largest absolute Gasteiger partial charge is 0.360 e. The minimum atomic E-state index is -0.684. The van der Waals surface area contributed by atoms with Crippen molar-refractivity contribution >= 4 is 23.0 Å². The lowest BCUT2D eigenvalue weighted by Gasteiger charge is -2.38. The summed E-state index contributed by atoms with van der Waals surface area (Å²) >= 11 is 0. The van der Waals surface area contributed by atoms with Crippen molar-refractivity contribution in [3.8, 4) is 0 Å². The third kappa shape index (κ3) is 3.45. The van der Waals surface area contributed by atoms with E-state index in [0.29, 0.717) is 22.5 Å². The van der Waals surface area contributed by atoms with E-state index in [-0.39, 0.29) is 11.6 Å². The van der Waals surface area contributed by atoms with Gasteiger partial charge in [0.2, 0.25) is 0 Å². The molecule has 4 rings (SSSR count). The molecular weight excluding hydrogens is 366 g/mol. The highest BCUT2D eigenvalue weighted by atomic mass is 16.6. The summed E-state index contributed by atoms with van der Waals surface area (Å²) in [5.74, 6) is -0.189. The molecule has 3 aromatic carbocycles. The van der Waals surface area contributed by atoms with Gasteiger partial charge in [-0.05, 0) is 42.3 Å². The molecule has 1 amide bonds. The third-order valence-corrected chi connectivity index (χ3v) is 5.11. The van der Waals surface area contributed by atoms with Crippen LogP contribution < -0.4 is 10.2 Å². The van der Waals surface area contributed by atoms with Crippen LogP contribution in [0.1, 0.15) is 41.0 Å². The first-order valence-electron chi connectivity index (χ1n) is 9.61. The van der Waals surface area contributed by atoms with Gasteiger partial charge in [0.1, 0.15) is 6.17 Å². The second-order valence-corrected chi connectivity index (χ2v) is 7.00. The van der Waals surface area contributed by atoms with Crippen molar-refractivity contribution in [3.05, 3.63) is 99.6 Å². The second-order valence-electron chi connectivity index (χ2n) is 7.00. The molecule has 0 aliphatic carbocycles. The van der Waals surface area contributed by atoms with E-state index in [4.69, 9.17) is 0 Å². The van der Waals surface area contributed by atoms with Crippen molar-refractivity contribution in [1.82, 2.24) is 0 Å². The van der Waals surface area contributed by atoms with Crippen molar-refractivity contribution in [3.63, 3.8) is 0 Å². The SMILES string of the molecule is CCCc1ccc(N2C(=O)c3ccccc3NC2c2ccccc2[N+](=O)[O-])cc1. The second kappa shape index (κ2) is 7.75. The fourth-order valence-electron chi connectivity index (χ4n) is 3.73. The van der Waals surface area contributed by atoms with Gasteiger partial charge in [-0.3, -0.25) is 19.8 Å². The van der Waals surface area contributed by atoms with Crippen LogP contribution in [0.4, 0.5) is 17.1 Å². The molecule has 0 saturated heterocycles. The number of hydrogen-bond donors (Lipinski definition) is 1. The number of carbonyl (C=O) groups excluding carboxylic acids is 1. The van der Waals surface area contributed by atoms with Gasteiger partial charge in [0.05, 0.1) is 16.1 Å². The Morgan fingerprint density at radius 3 is 2.41 bits per heavy atom. The van der Waals surface area contributed by atoms with Crippen LogP contribution in [0.25, 0.3) is 0 Å². The lowest BCUT2D eigenvalue weighted by Crippen LogP contribution is -2.43. The highest BCUT2D eigenvalue weighted by Crippen LogP contribution is 2.39. The quantitative estimate of drug-likeness (QED) is 0.475. The number of fused-ring (bicyclic) bond motifs is 1. The van der Waals surface area contributed by atoms with E-state index in [1.807, 2.05) is 42.5 Å². The van der Waals surface area contributed by atoms with E-state index in [1.165, 1.54) is 11.6 Å². The first kappa shape index (κ1) is 18.7. The van der Waals surface area contributed by atoms with Gasteiger partial charge in [0, 0.05) is 17.4 Å². The summed E-state index contributed by atoms with van der Waals surface area (Å²) in [5.41, 5.74) is 3.51. The Hall–Kier alpha value is -3.67. The fourth-order valence-corrected chi connectivity index (χ4v) is 3.73. The summed E-state index contributed by atoms with van der Waals surface area (Å²) in [4.78, 5) is 26.2. The summed E-state index contributed by atoms with van der Waals surface area (Å²) in [5, 5.41) is 15.0. The summed E-state index contributed by atoms with van der Waals surface area (Å²) in [6.45, 7) is 2.12. The van der Waals surface area contributed by atoms with Crippen LogP contribution in [0.5, 0.6) is 0 Å². The number of anilines is 2. The Balaban J connectivity index is 1.85. The van der Waals surface area contributed by atoms with Crippen molar-refractivity contribution in [1.29, 1.82) is 0 Å². The third-order valence-electron chi connectivity index (χ3n) is 5.11. The monoisotopic (exact) mass is 387 g/mol. The average molecular weight is 387 g/mol. The molecule has 1 atom stereocenters. The van der Waals surface area contributed by atoms with Gasteiger partial charge in [-0.15, -0.1) is 0 Å². The molecule has 146 valence electrons. The topological polar surface area (TPSA) is 75.5 Å². The normalized spacial score (nSPS) is 15.6. The van der Waals surface area contributed by atoms with Gasteiger partial charge in [0.25, 0.3) is 11.6 Å². The van der Waals surface area contributed by atoms with Gasteiger partial charge in [-0.25, -0.2) is 0 Å². The molecule has 0 bridgehead atoms. The molecule has 1 heterocycles. The first-order chi connectivity index (χ1) is 14.1. The van der Waals surface area contributed by atoms with Crippen LogP contribution >= 0.6 is 0 Å². The van der Waals surface area contributed by atoms with Gasteiger partial charge in [0.15, 0.2) is 0 Å². The molecule has 29 heavy (non-hydrogen) atoms. The summed E-state index contributed by atoms with van der Waals surface area (Å²) in [7, 11) is 0. The molecule has 3 aromatic rings. The number of carbonyl (C=O) groups is 1. The lowest BCUT2D eigenvalue weighted by molar-refractivity contribution is -0.385. The van der Waals surface area contributed by atoms with Gasteiger partial charge < -0.3 is 5.32 Å². The number of nitro groups is 1. The first-order valence-corrected chi connectivity index (χ1v) is 9.61. The summed E-state index contributed by atoms with van der Waals surface area (Å²) < 4.78 is 0. The maximum absolute atomic E-state index is 13.4. The Morgan fingerprint density at radius 1 is 1.00 bits per heavy atom. The van der Waals surface area contributed by atoms with Crippen LogP contribution in [-0.2, 0) is 6.42 Å². The number of hydrogen-bond acceptors (Lipinski definition) is 4. The fraction of sp³-hybridized carbons (Fsp3) is 0.174. The van der Waals surface area contributed by atoms with Crippen molar-refractivity contribution in [2.75, 3.05) is 10.2 Å². The molecule has 0 saturated carbocycles. The van der Waals surface area contributed by atoms with Crippen LogP contribution in [0.2, 0.25) is 0 Å². The molecule has 1 aliphatic heterocycles. The van der Waals surface area contributed by atoms with Crippen LogP contribution in [-0.4, -0.2) is 10.8 Å². The van der Waals surface area contributed by atoms with E-state index < -0.39 is 11.1 Å². The molecule has 6 nitrogen and oxygen atoms in total. The van der Waals surface area contributed by atoms with Crippen molar-refractivity contribution in [2.24, 2.45) is 0 Å². The molecule has 0 aromatic heterocycles. The minimum absolute atomic E-state index is 0.0233. The Bertz CT molecular complexity index is 1060. The highest BCUT2D eigenvalue weighted by Gasteiger charge is 2.37. The number of rotatable bonds is 5. The molecule has 6 heteroatoms. The number of para-hydroxylation sites is 2. The zero-order valence-electron chi connectivity index (χ0n) is 16.0. The summed E-state index contributed by atoms with van der Waals surface area (Å²) in [6, 6.07) is 21.6. The zero-order valence-corrected chi connectivity index (χ0v) is 16.0. The summed E-state index contributed by atoms with van der Waals surface area (Å²) in [6.07, 6.45) is 1.31. The minimum Gasteiger partial charge on any atom is -0.360 e.